The standard InChI is InChI=1S/C38H33ClN2O2/c1-24-13-18-35-33(19-24)31-11-6-12-32(31)37(41-35)27-14-16-29(17-15-27)40-22-25-20-34(39)38(36(21-25)42-2)43-23-28-9-5-8-26-7-3-4-10-30(26)28/h3-11,13-22,31-32,37,41H,12,23H2,1-2H3/t31-,32+,37-/m0/s1. The molecule has 1 aliphatic carbocycles. The van der Waals surface area contributed by atoms with Crippen molar-refractivity contribution in [2.75, 3.05) is 12.4 Å². The minimum Gasteiger partial charge on any atom is -0.493 e. The largest absolute Gasteiger partial charge is 0.493 e. The summed E-state index contributed by atoms with van der Waals surface area (Å²) in [5.74, 6) is 2.07. The fourth-order valence-electron chi connectivity index (χ4n) is 6.48. The van der Waals surface area contributed by atoms with Gasteiger partial charge in [0.1, 0.15) is 6.61 Å². The summed E-state index contributed by atoms with van der Waals surface area (Å²) in [5, 5.41) is 6.64. The lowest BCUT2D eigenvalue weighted by Gasteiger charge is -2.37. The summed E-state index contributed by atoms with van der Waals surface area (Å²) in [4.78, 5) is 4.74. The van der Waals surface area contributed by atoms with Crippen molar-refractivity contribution in [2.24, 2.45) is 10.9 Å². The molecule has 7 rings (SSSR count). The number of ether oxygens (including phenoxy) is 2. The van der Waals surface area contributed by atoms with E-state index in [0.717, 1.165) is 28.6 Å². The average molecular weight is 585 g/mol. The van der Waals surface area contributed by atoms with Crippen LogP contribution >= 0.6 is 11.6 Å². The normalized spacial score (nSPS) is 18.8. The monoisotopic (exact) mass is 584 g/mol. The van der Waals surface area contributed by atoms with E-state index in [-0.39, 0.29) is 6.04 Å². The number of methoxy groups -OCH3 is 1. The smallest absolute Gasteiger partial charge is 0.180 e. The van der Waals surface area contributed by atoms with Crippen molar-refractivity contribution < 1.29 is 9.47 Å². The lowest BCUT2D eigenvalue weighted by molar-refractivity contribution is 0.286. The van der Waals surface area contributed by atoms with Crippen molar-refractivity contribution in [1.29, 1.82) is 0 Å². The first kappa shape index (κ1) is 27.3. The van der Waals surface area contributed by atoms with E-state index in [1.54, 1.807) is 7.11 Å². The van der Waals surface area contributed by atoms with E-state index in [9.17, 15) is 0 Å². The van der Waals surface area contributed by atoms with E-state index in [0.29, 0.717) is 35.0 Å². The minimum atomic E-state index is 0.262. The van der Waals surface area contributed by atoms with Crippen molar-refractivity contribution in [3.8, 4) is 11.5 Å². The predicted molar refractivity (Wildman–Crippen MR) is 178 cm³/mol. The van der Waals surface area contributed by atoms with Crippen molar-refractivity contribution >= 4 is 40.0 Å². The third kappa shape index (κ3) is 5.39. The highest BCUT2D eigenvalue weighted by atomic mass is 35.5. The molecule has 5 aromatic rings. The Labute approximate surface area is 257 Å². The molecule has 1 aliphatic heterocycles. The third-order valence-corrected chi connectivity index (χ3v) is 8.92. The van der Waals surface area contributed by atoms with Crippen molar-refractivity contribution in [3.05, 3.63) is 142 Å². The van der Waals surface area contributed by atoms with Crippen LogP contribution in [0, 0.1) is 12.8 Å². The molecule has 0 bridgehead atoms. The number of nitrogens with one attached hydrogen (secondary N) is 1. The molecule has 0 unspecified atom stereocenters. The van der Waals surface area contributed by atoms with Gasteiger partial charge in [0.2, 0.25) is 0 Å². The molecule has 43 heavy (non-hydrogen) atoms. The van der Waals surface area contributed by atoms with E-state index < -0.39 is 0 Å². The summed E-state index contributed by atoms with van der Waals surface area (Å²) in [7, 11) is 1.62. The highest BCUT2D eigenvalue weighted by Crippen LogP contribution is 2.50. The maximum absolute atomic E-state index is 6.70. The number of aryl methyl sites for hydroxylation is 1. The van der Waals surface area contributed by atoms with Gasteiger partial charge in [-0.1, -0.05) is 96.0 Å². The average Bonchev–Trinajstić information content (AvgIpc) is 3.54. The number of nitrogens with zero attached hydrogens (tertiary/aromatic N) is 1. The second-order valence-electron chi connectivity index (χ2n) is 11.4. The van der Waals surface area contributed by atoms with Crippen LogP contribution in [0.25, 0.3) is 10.8 Å². The molecule has 214 valence electrons. The summed E-state index contributed by atoms with van der Waals surface area (Å²) < 4.78 is 11.8. The molecular weight excluding hydrogens is 552 g/mol. The summed E-state index contributed by atoms with van der Waals surface area (Å²) in [5.41, 5.74) is 8.04. The second-order valence-corrected chi connectivity index (χ2v) is 11.8. The van der Waals surface area contributed by atoms with Gasteiger partial charge in [-0.2, -0.15) is 0 Å². The molecule has 1 heterocycles. The predicted octanol–water partition coefficient (Wildman–Crippen LogP) is 9.97. The van der Waals surface area contributed by atoms with Crippen molar-refractivity contribution in [3.63, 3.8) is 0 Å². The molecule has 0 aromatic heterocycles. The maximum atomic E-state index is 6.70. The quantitative estimate of drug-likeness (QED) is 0.153. The first-order valence-electron chi connectivity index (χ1n) is 14.7. The summed E-state index contributed by atoms with van der Waals surface area (Å²) in [6, 6.07) is 33.8. The number of hydrogen-bond donors (Lipinski definition) is 1. The van der Waals surface area contributed by atoms with Gasteiger partial charge in [-0.3, -0.25) is 4.99 Å². The van der Waals surface area contributed by atoms with Gasteiger partial charge in [-0.05, 0) is 82.6 Å². The number of halogens is 1. The number of anilines is 1. The zero-order valence-corrected chi connectivity index (χ0v) is 25.0. The lowest BCUT2D eigenvalue weighted by atomic mass is 9.76. The van der Waals surface area contributed by atoms with E-state index in [1.807, 2.05) is 36.5 Å². The van der Waals surface area contributed by atoms with Gasteiger partial charge in [0.05, 0.1) is 23.9 Å². The molecule has 1 N–H and O–H groups in total. The number of hydrogen-bond acceptors (Lipinski definition) is 4. The van der Waals surface area contributed by atoms with Gasteiger partial charge < -0.3 is 14.8 Å². The fourth-order valence-corrected chi connectivity index (χ4v) is 6.76. The second kappa shape index (κ2) is 11.6. The molecule has 3 atom stereocenters. The maximum Gasteiger partial charge on any atom is 0.180 e. The molecule has 0 fully saturated rings. The topological polar surface area (TPSA) is 42.8 Å². The van der Waals surface area contributed by atoms with Crippen LogP contribution in [0.1, 0.15) is 46.2 Å². The first-order valence-corrected chi connectivity index (χ1v) is 15.1. The van der Waals surface area contributed by atoms with Crippen molar-refractivity contribution in [2.45, 2.75) is 31.9 Å². The third-order valence-electron chi connectivity index (χ3n) is 8.64. The van der Waals surface area contributed by atoms with E-state index in [2.05, 4.69) is 91.1 Å². The van der Waals surface area contributed by atoms with Crippen LogP contribution in [0.5, 0.6) is 11.5 Å². The molecule has 0 saturated heterocycles. The number of fused-ring (bicyclic) bond motifs is 4. The molecule has 4 nitrogen and oxygen atoms in total. The van der Waals surface area contributed by atoms with Crippen LogP contribution < -0.4 is 14.8 Å². The lowest BCUT2D eigenvalue weighted by Crippen LogP contribution is -2.29. The Kier molecular flexibility index (Phi) is 7.38. The Balaban J connectivity index is 1.07. The van der Waals surface area contributed by atoms with Gasteiger partial charge in [0.25, 0.3) is 0 Å². The van der Waals surface area contributed by atoms with Crippen LogP contribution in [-0.2, 0) is 6.61 Å². The van der Waals surface area contributed by atoms with Crippen LogP contribution in [0.3, 0.4) is 0 Å². The Morgan fingerprint density at radius 1 is 0.953 bits per heavy atom. The fraction of sp³-hybridized carbons (Fsp3) is 0.184. The molecule has 5 heteroatoms. The van der Waals surface area contributed by atoms with Crippen LogP contribution in [0.4, 0.5) is 11.4 Å². The highest BCUT2D eigenvalue weighted by molar-refractivity contribution is 6.32. The first-order chi connectivity index (χ1) is 21.1. The van der Waals surface area contributed by atoms with Crippen LogP contribution in [-0.4, -0.2) is 13.3 Å². The Morgan fingerprint density at radius 3 is 2.65 bits per heavy atom. The van der Waals surface area contributed by atoms with E-state index >= 15 is 0 Å². The van der Waals surface area contributed by atoms with Gasteiger partial charge in [-0.15, -0.1) is 0 Å². The molecule has 0 amide bonds. The van der Waals surface area contributed by atoms with Gasteiger partial charge in [0, 0.05) is 17.8 Å². The summed E-state index contributed by atoms with van der Waals surface area (Å²) in [6.07, 6.45) is 7.61. The van der Waals surface area contributed by atoms with E-state index in [1.165, 1.54) is 27.8 Å². The summed E-state index contributed by atoms with van der Waals surface area (Å²) >= 11 is 6.70. The molecule has 0 saturated carbocycles. The number of benzene rings is 5. The number of rotatable bonds is 7. The van der Waals surface area contributed by atoms with Crippen molar-refractivity contribution in [1.82, 2.24) is 0 Å². The van der Waals surface area contributed by atoms with Gasteiger partial charge in [-0.25, -0.2) is 0 Å². The molecular formula is C38H33ClN2O2. The highest BCUT2D eigenvalue weighted by Gasteiger charge is 2.37. The molecule has 5 aromatic carbocycles. The van der Waals surface area contributed by atoms with Crippen LogP contribution in [0.2, 0.25) is 5.02 Å². The molecule has 0 radical (unpaired) electrons. The summed E-state index contributed by atoms with van der Waals surface area (Å²) in [6.45, 7) is 2.55. The minimum absolute atomic E-state index is 0.262. The molecule has 0 spiro atoms. The van der Waals surface area contributed by atoms with Gasteiger partial charge >= 0.3 is 0 Å². The number of allylic oxidation sites excluding steroid dienone is 2. The van der Waals surface area contributed by atoms with E-state index in [4.69, 9.17) is 26.1 Å². The zero-order valence-electron chi connectivity index (χ0n) is 24.3. The Morgan fingerprint density at radius 2 is 1.79 bits per heavy atom. The SMILES string of the molecule is COc1cc(C=Nc2ccc([C@@H]3Nc4ccc(C)cc4[C@H]4C=CC[C@H]43)cc2)cc(Cl)c1OCc1cccc2ccccc12. The Bertz CT molecular complexity index is 1860. The molecule has 2 aliphatic rings. The zero-order chi connectivity index (χ0) is 29.3. The van der Waals surface area contributed by atoms with Crippen LogP contribution in [0.15, 0.2) is 114 Å². The van der Waals surface area contributed by atoms with Gasteiger partial charge in [0.15, 0.2) is 11.5 Å². The Hall–Kier alpha value is -4.54. The number of aliphatic imine (C=N–C) groups is 1.